The molecule has 0 saturated carbocycles. The van der Waals surface area contributed by atoms with Crippen molar-refractivity contribution in [2.24, 2.45) is 0 Å². The van der Waals surface area contributed by atoms with Gasteiger partial charge in [-0.1, -0.05) is 23.2 Å². The average Bonchev–Trinajstić information content (AvgIpc) is 2.82. The summed E-state index contributed by atoms with van der Waals surface area (Å²) >= 11 is 24.3. The molecule has 0 spiro atoms. The molecule has 7 heteroatoms. The van der Waals surface area contributed by atoms with Gasteiger partial charge in [0.05, 0.1) is 32.6 Å². The lowest BCUT2D eigenvalue weighted by Gasteiger charge is -2.12. The Morgan fingerprint density at radius 1 is 1.14 bits per heavy atom. The fourth-order valence-electron chi connectivity index (χ4n) is 2.15. The van der Waals surface area contributed by atoms with Gasteiger partial charge >= 0.3 is 0 Å². The maximum Gasteiger partial charge on any atom is 0.129 e. The largest absolute Gasteiger partial charge is 0.294 e. The Labute approximate surface area is 158 Å². The zero-order valence-corrected chi connectivity index (χ0v) is 16.4. The fourth-order valence-corrected chi connectivity index (χ4v) is 3.66. The van der Waals surface area contributed by atoms with E-state index in [1.54, 1.807) is 0 Å². The molecule has 3 aromatic rings. The standard InChI is InChI=1S/C14H7BrCl3IN2/c15-8-2-4-11(14(18)13(8)17)21-10-3-1-7(19)5-9(10)20-12(21)6-16/h1-5H,6H2. The number of hydrogen-bond donors (Lipinski definition) is 0. The minimum Gasteiger partial charge on any atom is -0.294 e. The van der Waals surface area contributed by atoms with Gasteiger partial charge in [0, 0.05) is 8.04 Å². The van der Waals surface area contributed by atoms with Crippen LogP contribution in [0.15, 0.2) is 34.8 Å². The first kappa shape index (κ1) is 15.9. The van der Waals surface area contributed by atoms with E-state index in [4.69, 9.17) is 34.8 Å². The summed E-state index contributed by atoms with van der Waals surface area (Å²) in [7, 11) is 0. The van der Waals surface area contributed by atoms with Gasteiger partial charge < -0.3 is 0 Å². The molecule has 1 aromatic heterocycles. The Balaban J connectivity index is 2.36. The molecule has 0 amide bonds. The molecule has 0 aliphatic rings. The number of hydrogen-bond acceptors (Lipinski definition) is 1. The summed E-state index contributed by atoms with van der Waals surface area (Å²) in [6.07, 6.45) is 0. The number of aromatic nitrogens is 2. The minimum absolute atomic E-state index is 0.287. The van der Waals surface area contributed by atoms with Gasteiger partial charge in [0.25, 0.3) is 0 Å². The van der Waals surface area contributed by atoms with Crippen LogP contribution in [0.2, 0.25) is 10.0 Å². The minimum atomic E-state index is 0.287. The second-order valence-electron chi connectivity index (χ2n) is 4.32. The zero-order chi connectivity index (χ0) is 15.1. The van der Waals surface area contributed by atoms with E-state index in [1.807, 2.05) is 34.9 Å². The van der Waals surface area contributed by atoms with Crippen LogP contribution in [0.1, 0.15) is 5.82 Å². The van der Waals surface area contributed by atoms with Gasteiger partial charge in [-0.2, -0.15) is 0 Å². The van der Waals surface area contributed by atoms with E-state index in [9.17, 15) is 0 Å². The predicted molar refractivity (Wildman–Crippen MR) is 101 cm³/mol. The number of benzene rings is 2. The third-order valence-corrected chi connectivity index (χ3v) is 5.73. The molecular formula is C14H7BrCl3IN2. The molecule has 0 aliphatic carbocycles. The van der Waals surface area contributed by atoms with Gasteiger partial charge in [0.1, 0.15) is 5.82 Å². The molecule has 2 aromatic carbocycles. The molecule has 2 nitrogen and oxygen atoms in total. The molecular weight excluding hydrogens is 509 g/mol. The summed E-state index contributed by atoms with van der Waals surface area (Å²) in [5.74, 6) is 1.02. The van der Waals surface area contributed by atoms with Gasteiger partial charge in [-0.15, -0.1) is 11.6 Å². The van der Waals surface area contributed by atoms with Gasteiger partial charge in [0.15, 0.2) is 0 Å². The van der Waals surface area contributed by atoms with Crippen LogP contribution in [0.25, 0.3) is 16.7 Å². The van der Waals surface area contributed by atoms with Crippen LogP contribution in [-0.4, -0.2) is 9.55 Å². The molecule has 21 heavy (non-hydrogen) atoms. The van der Waals surface area contributed by atoms with Crippen LogP contribution in [-0.2, 0) is 5.88 Å². The van der Waals surface area contributed by atoms with Crippen LogP contribution in [0.4, 0.5) is 0 Å². The van der Waals surface area contributed by atoms with Gasteiger partial charge in [0.2, 0.25) is 0 Å². The highest BCUT2D eigenvalue weighted by Gasteiger charge is 2.17. The maximum absolute atomic E-state index is 6.40. The van der Waals surface area contributed by atoms with Gasteiger partial charge in [-0.25, -0.2) is 4.98 Å². The van der Waals surface area contributed by atoms with Gasteiger partial charge in [-0.3, -0.25) is 4.57 Å². The SMILES string of the molecule is ClCc1nc2cc(I)ccc2n1-c1ccc(Br)c(Cl)c1Cl. The highest BCUT2D eigenvalue weighted by atomic mass is 127. The predicted octanol–water partition coefficient (Wildman–Crippen LogP) is 6.44. The Hall–Kier alpha value is -0.0100. The Bertz CT molecular complexity index is 848. The lowest BCUT2D eigenvalue weighted by Crippen LogP contribution is -2.00. The van der Waals surface area contributed by atoms with Crippen LogP contribution in [0.5, 0.6) is 0 Å². The third kappa shape index (κ3) is 2.81. The lowest BCUT2D eigenvalue weighted by atomic mass is 10.2. The molecule has 0 N–H and O–H groups in total. The monoisotopic (exact) mass is 514 g/mol. The number of alkyl halides is 1. The third-order valence-electron chi connectivity index (χ3n) is 3.06. The van der Waals surface area contributed by atoms with E-state index in [2.05, 4.69) is 43.5 Å². The first-order valence-corrected chi connectivity index (χ1v) is 9.06. The summed E-state index contributed by atoms with van der Waals surface area (Å²) in [6.45, 7) is 0. The fraction of sp³-hybridized carbons (Fsp3) is 0.0714. The number of imidazole rings is 1. The molecule has 0 bridgehead atoms. The topological polar surface area (TPSA) is 17.8 Å². The van der Waals surface area contributed by atoms with Crippen molar-refractivity contribution in [2.45, 2.75) is 5.88 Å². The van der Waals surface area contributed by atoms with E-state index in [1.165, 1.54) is 0 Å². The quantitative estimate of drug-likeness (QED) is 0.218. The number of fused-ring (bicyclic) bond motifs is 1. The van der Waals surface area contributed by atoms with Crippen molar-refractivity contribution in [3.8, 4) is 5.69 Å². The van der Waals surface area contributed by atoms with Crippen LogP contribution in [0.3, 0.4) is 0 Å². The van der Waals surface area contributed by atoms with Crippen LogP contribution < -0.4 is 0 Å². The molecule has 0 aliphatic heterocycles. The molecule has 108 valence electrons. The summed E-state index contributed by atoms with van der Waals surface area (Å²) < 4.78 is 3.81. The van der Waals surface area contributed by atoms with E-state index < -0.39 is 0 Å². The summed E-state index contributed by atoms with van der Waals surface area (Å²) in [6, 6.07) is 9.80. The highest BCUT2D eigenvalue weighted by Crippen LogP contribution is 2.37. The van der Waals surface area contributed by atoms with Gasteiger partial charge in [-0.05, 0) is 68.9 Å². The Kier molecular flexibility index (Phi) is 4.72. The van der Waals surface area contributed by atoms with E-state index in [0.717, 1.165) is 30.6 Å². The molecule has 0 radical (unpaired) electrons. The first-order valence-electron chi connectivity index (χ1n) is 5.89. The second-order valence-corrected chi connectivity index (χ2v) is 7.45. The van der Waals surface area contributed by atoms with Crippen molar-refractivity contribution < 1.29 is 0 Å². The number of rotatable bonds is 2. The molecule has 1 heterocycles. The van der Waals surface area contributed by atoms with Crippen molar-refractivity contribution in [2.75, 3.05) is 0 Å². The van der Waals surface area contributed by atoms with E-state index >= 15 is 0 Å². The normalized spacial score (nSPS) is 11.3. The number of halogens is 5. The molecule has 0 saturated heterocycles. The summed E-state index contributed by atoms with van der Waals surface area (Å²) in [5.41, 5.74) is 2.60. The molecule has 0 unspecified atom stereocenters. The second kappa shape index (κ2) is 6.24. The van der Waals surface area contributed by atoms with Crippen molar-refractivity contribution in [3.63, 3.8) is 0 Å². The molecule has 0 atom stereocenters. The van der Waals surface area contributed by atoms with Crippen molar-refractivity contribution in [1.29, 1.82) is 0 Å². The summed E-state index contributed by atoms with van der Waals surface area (Å²) in [5, 5.41) is 0.942. The smallest absolute Gasteiger partial charge is 0.129 e. The Morgan fingerprint density at radius 2 is 1.90 bits per heavy atom. The van der Waals surface area contributed by atoms with Crippen molar-refractivity contribution in [1.82, 2.24) is 9.55 Å². The molecule has 0 fully saturated rings. The van der Waals surface area contributed by atoms with Crippen LogP contribution >= 0.6 is 73.3 Å². The first-order chi connectivity index (χ1) is 10.0. The Morgan fingerprint density at radius 3 is 2.62 bits per heavy atom. The van der Waals surface area contributed by atoms with E-state index in [-0.39, 0.29) is 5.88 Å². The molecule has 3 rings (SSSR count). The number of nitrogens with zero attached hydrogens (tertiary/aromatic N) is 2. The highest BCUT2D eigenvalue weighted by molar-refractivity contribution is 14.1. The van der Waals surface area contributed by atoms with Crippen LogP contribution in [0, 0.1) is 3.57 Å². The lowest BCUT2D eigenvalue weighted by molar-refractivity contribution is 0.982. The van der Waals surface area contributed by atoms with Crippen molar-refractivity contribution >= 4 is 84.4 Å². The zero-order valence-electron chi connectivity index (χ0n) is 10.4. The average molecular weight is 516 g/mol. The maximum atomic E-state index is 6.40. The summed E-state index contributed by atoms with van der Waals surface area (Å²) in [4.78, 5) is 4.57. The van der Waals surface area contributed by atoms with E-state index in [0.29, 0.717) is 10.0 Å². The van der Waals surface area contributed by atoms with Crippen molar-refractivity contribution in [3.05, 3.63) is 54.2 Å².